The lowest BCUT2D eigenvalue weighted by Crippen LogP contribution is -2.42. The van der Waals surface area contributed by atoms with Crippen molar-refractivity contribution in [2.24, 2.45) is 0 Å². The summed E-state index contributed by atoms with van der Waals surface area (Å²) in [4.78, 5) is 28.3. The van der Waals surface area contributed by atoms with Crippen molar-refractivity contribution in [2.45, 2.75) is 33.7 Å². The number of para-hydroxylation sites is 1. The molecule has 0 aliphatic carbocycles. The van der Waals surface area contributed by atoms with Gasteiger partial charge in [0.15, 0.2) is 0 Å². The van der Waals surface area contributed by atoms with Gasteiger partial charge in [-0.2, -0.15) is 0 Å². The van der Waals surface area contributed by atoms with Gasteiger partial charge in [0.2, 0.25) is 11.8 Å². The Morgan fingerprint density at radius 3 is 2.16 bits per heavy atom. The number of carbonyl (C=O) groups is 2. The number of likely N-dealkylation sites (N-methyl/N-ethyl adjacent to an activating group) is 1. The topological polar surface area (TPSA) is 40.6 Å². The summed E-state index contributed by atoms with van der Waals surface area (Å²) in [6.07, 6.45) is 0.815. The average molecular weight is 338 g/mol. The second kappa shape index (κ2) is 9.02. The van der Waals surface area contributed by atoms with Crippen LogP contribution in [-0.2, 0) is 22.6 Å². The van der Waals surface area contributed by atoms with Gasteiger partial charge >= 0.3 is 0 Å². The van der Waals surface area contributed by atoms with Gasteiger partial charge < -0.3 is 9.80 Å². The van der Waals surface area contributed by atoms with E-state index in [1.54, 1.807) is 9.80 Å². The van der Waals surface area contributed by atoms with Crippen LogP contribution < -0.4 is 4.90 Å². The van der Waals surface area contributed by atoms with E-state index in [0.717, 1.165) is 23.2 Å². The molecule has 2 aromatic carbocycles. The number of aryl methyl sites for hydroxylation is 1. The Hall–Kier alpha value is -2.62. The number of nitrogens with zero attached hydrogens (tertiary/aromatic N) is 2. The molecule has 0 saturated heterocycles. The molecule has 2 aromatic rings. The zero-order valence-electron chi connectivity index (χ0n) is 15.2. The average Bonchev–Trinajstić information content (AvgIpc) is 2.64. The summed E-state index contributed by atoms with van der Waals surface area (Å²) in [6, 6.07) is 17.7. The molecule has 0 aliphatic rings. The molecule has 2 amide bonds. The van der Waals surface area contributed by atoms with Gasteiger partial charge in [0.1, 0.15) is 6.54 Å². The molecule has 0 N–H and O–H groups in total. The lowest BCUT2D eigenvalue weighted by atomic mass is 10.1. The summed E-state index contributed by atoms with van der Waals surface area (Å²) in [7, 11) is 0. The maximum absolute atomic E-state index is 12.8. The first-order valence-corrected chi connectivity index (χ1v) is 8.74. The first kappa shape index (κ1) is 18.7. The van der Waals surface area contributed by atoms with Crippen molar-refractivity contribution in [3.05, 3.63) is 65.7 Å². The van der Waals surface area contributed by atoms with E-state index >= 15 is 0 Å². The number of amides is 2. The Labute approximate surface area is 150 Å². The molecule has 0 fully saturated rings. The SMILES string of the molecule is CCc1ccccc1N(CC(=O)N(CC)Cc1ccccc1)C(C)=O. The summed E-state index contributed by atoms with van der Waals surface area (Å²) in [5, 5.41) is 0. The Morgan fingerprint density at radius 2 is 1.56 bits per heavy atom. The van der Waals surface area contributed by atoms with Gasteiger partial charge in [-0.25, -0.2) is 0 Å². The minimum Gasteiger partial charge on any atom is -0.337 e. The maximum Gasteiger partial charge on any atom is 0.242 e. The fourth-order valence-electron chi connectivity index (χ4n) is 2.85. The Kier molecular flexibility index (Phi) is 6.75. The van der Waals surface area contributed by atoms with Crippen molar-refractivity contribution in [1.29, 1.82) is 0 Å². The minimum absolute atomic E-state index is 0.0486. The van der Waals surface area contributed by atoms with Crippen molar-refractivity contribution < 1.29 is 9.59 Å². The second-order valence-electron chi connectivity index (χ2n) is 5.98. The molecule has 0 spiro atoms. The molecule has 132 valence electrons. The highest BCUT2D eigenvalue weighted by molar-refractivity contribution is 5.98. The third-order valence-electron chi connectivity index (χ3n) is 4.29. The Bertz CT molecular complexity index is 713. The van der Waals surface area contributed by atoms with Crippen LogP contribution in [0.4, 0.5) is 5.69 Å². The zero-order chi connectivity index (χ0) is 18.2. The molecular weight excluding hydrogens is 312 g/mol. The fraction of sp³-hybridized carbons (Fsp3) is 0.333. The number of anilines is 1. The summed E-state index contributed by atoms with van der Waals surface area (Å²) >= 11 is 0. The highest BCUT2D eigenvalue weighted by atomic mass is 16.2. The van der Waals surface area contributed by atoms with Gasteiger partial charge in [-0.05, 0) is 30.5 Å². The highest BCUT2D eigenvalue weighted by Crippen LogP contribution is 2.21. The van der Waals surface area contributed by atoms with Crippen LogP contribution in [0.15, 0.2) is 54.6 Å². The largest absolute Gasteiger partial charge is 0.337 e. The summed E-state index contributed by atoms with van der Waals surface area (Å²) in [5.41, 5.74) is 2.97. The second-order valence-corrected chi connectivity index (χ2v) is 5.98. The number of rotatable bonds is 7. The third-order valence-corrected chi connectivity index (χ3v) is 4.29. The van der Waals surface area contributed by atoms with Crippen LogP contribution in [0.1, 0.15) is 31.9 Å². The van der Waals surface area contributed by atoms with Crippen molar-refractivity contribution >= 4 is 17.5 Å². The van der Waals surface area contributed by atoms with E-state index in [0.29, 0.717) is 13.1 Å². The molecule has 0 unspecified atom stereocenters. The zero-order valence-corrected chi connectivity index (χ0v) is 15.2. The minimum atomic E-state index is -0.120. The highest BCUT2D eigenvalue weighted by Gasteiger charge is 2.21. The van der Waals surface area contributed by atoms with E-state index in [4.69, 9.17) is 0 Å². The van der Waals surface area contributed by atoms with Crippen LogP contribution >= 0.6 is 0 Å². The van der Waals surface area contributed by atoms with E-state index in [-0.39, 0.29) is 18.4 Å². The number of carbonyl (C=O) groups excluding carboxylic acids is 2. The van der Waals surface area contributed by atoms with E-state index in [9.17, 15) is 9.59 Å². The van der Waals surface area contributed by atoms with Crippen molar-refractivity contribution in [1.82, 2.24) is 4.90 Å². The Balaban J connectivity index is 2.17. The number of benzene rings is 2. The fourth-order valence-corrected chi connectivity index (χ4v) is 2.85. The first-order chi connectivity index (χ1) is 12.1. The van der Waals surface area contributed by atoms with Crippen LogP contribution in [-0.4, -0.2) is 29.8 Å². The van der Waals surface area contributed by atoms with Gasteiger partial charge in [0.05, 0.1) is 0 Å². The van der Waals surface area contributed by atoms with E-state index in [1.807, 2.05) is 68.4 Å². The molecular formula is C21H26N2O2. The monoisotopic (exact) mass is 338 g/mol. The normalized spacial score (nSPS) is 10.4. The van der Waals surface area contributed by atoms with E-state index in [1.165, 1.54) is 6.92 Å². The molecule has 0 atom stereocenters. The predicted molar refractivity (Wildman–Crippen MR) is 101 cm³/mol. The van der Waals surface area contributed by atoms with Crippen molar-refractivity contribution in [2.75, 3.05) is 18.0 Å². The van der Waals surface area contributed by atoms with Crippen molar-refractivity contribution in [3.63, 3.8) is 0 Å². The van der Waals surface area contributed by atoms with Crippen LogP contribution in [0.5, 0.6) is 0 Å². The van der Waals surface area contributed by atoms with E-state index in [2.05, 4.69) is 0 Å². The van der Waals surface area contributed by atoms with Crippen LogP contribution in [0.3, 0.4) is 0 Å². The first-order valence-electron chi connectivity index (χ1n) is 8.74. The molecule has 0 aromatic heterocycles. The van der Waals surface area contributed by atoms with Crippen LogP contribution in [0.2, 0.25) is 0 Å². The number of hydrogen-bond donors (Lipinski definition) is 0. The van der Waals surface area contributed by atoms with Crippen molar-refractivity contribution in [3.8, 4) is 0 Å². The quantitative estimate of drug-likeness (QED) is 0.773. The standard InChI is InChI=1S/C21H26N2O2/c1-4-19-13-9-10-14-20(19)23(17(3)24)16-21(25)22(5-2)15-18-11-7-6-8-12-18/h6-14H,4-5,15-16H2,1-3H3. The van der Waals surface area contributed by atoms with Gasteiger partial charge in [0.25, 0.3) is 0 Å². The van der Waals surface area contributed by atoms with Gasteiger partial charge in [-0.1, -0.05) is 55.5 Å². The van der Waals surface area contributed by atoms with Crippen LogP contribution in [0.25, 0.3) is 0 Å². The summed E-state index contributed by atoms with van der Waals surface area (Å²) < 4.78 is 0. The smallest absolute Gasteiger partial charge is 0.242 e. The molecule has 0 radical (unpaired) electrons. The lowest BCUT2D eigenvalue weighted by molar-refractivity contribution is -0.131. The van der Waals surface area contributed by atoms with Gasteiger partial charge in [0, 0.05) is 25.7 Å². The summed E-state index contributed by atoms with van der Waals surface area (Å²) in [6.45, 7) is 6.73. The number of hydrogen-bond acceptors (Lipinski definition) is 2. The third kappa shape index (κ3) is 4.92. The molecule has 0 bridgehead atoms. The lowest BCUT2D eigenvalue weighted by Gasteiger charge is -2.27. The molecule has 0 aliphatic heterocycles. The molecule has 0 saturated carbocycles. The molecule has 0 heterocycles. The molecule has 25 heavy (non-hydrogen) atoms. The van der Waals surface area contributed by atoms with E-state index < -0.39 is 0 Å². The summed E-state index contributed by atoms with van der Waals surface area (Å²) in [5.74, 6) is -0.169. The molecule has 2 rings (SSSR count). The molecule has 4 heteroatoms. The van der Waals surface area contributed by atoms with Gasteiger partial charge in [-0.3, -0.25) is 9.59 Å². The van der Waals surface area contributed by atoms with Gasteiger partial charge in [-0.15, -0.1) is 0 Å². The Morgan fingerprint density at radius 1 is 0.920 bits per heavy atom. The van der Waals surface area contributed by atoms with Crippen LogP contribution in [0, 0.1) is 0 Å². The maximum atomic E-state index is 12.8. The predicted octanol–water partition coefficient (Wildman–Crippen LogP) is 3.65. The molecule has 4 nitrogen and oxygen atoms in total.